The first-order chi connectivity index (χ1) is 14.5. The zero-order valence-electron chi connectivity index (χ0n) is 16.8. The largest absolute Gasteiger partial charge is 0.368 e. The first-order valence-electron chi connectivity index (χ1n) is 10.4. The summed E-state index contributed by atoms with van der Waals surface area (Å²) in [5.41, 5.74) is 1.15. The molecule has 2 aliphatic heterocycles. The number of sulfonamides is 1. The predicted molar refractivity (Wildman–Crippen MR) is 114 cm³/mol. The van der Waals surface area contributed by atoms with E-state index in [0.717, 1.165) is 24.9 Å². The molecule has 0 saturated carbocycles. The highest BCUT2D eigenvalue weighted by molar-refractivity contribution is 7.89. The van der Waals surface area contributed by atoms with Gasteiger partial charge in [0, 0.05) is 45.0 Å². The molecule has 160 valence electrons. The summed E-state index contributed by atoms with van der Waals surface area (Å²) in [5.74, 6) is -0.538. The number of anilines is 1. The molecule has 2 aliphatic rings. The van der Waals surface area contributed by atoms with E-state index in [-0.39, 0.29) is 22.2 Å². The zero-order chi connectivity index (χ0) is 21.1. The van der Waals surface area contributed by atoms with Crippen molar-refractivity contribution in [3.05, 3.63) is 59.9 Å². The van der Waals surface area contributed by atoms with Crippen molar-refractivity contribution < 1.29 is 17.6 Å². The van der Waals surface area contributed by atoms with Crippen LogP contribution in [0.3, 0.4) is 0 Å². The molecule has 6 nitrogen and oxygen atoms in total. The van der Waals surface area contributed by atoms with Gasteiger partial charge in [0.2, 0.25) is 10.0 Å². The minimum Gasteiger partial charge on any atom is -0.368 e. The van der Waals surface area contributed by atoms with Gasteiger partial charge in [-0.1, -0.05) is 18.6 Å². The van der Waals surface area contributed by atoms with Crippen molar-refractivity contribution in [2.45, 2.75) is 24.2 Å². The summed E-state index contributed by atoms with van der Waals surface area (Å²) in [4.78, 5) is 17.1. The van der Waals surface area contributed by atoms with Gasteiger partial charge in [0.25, 0.3) is 5.91 Å². The Morgan fingerprint density at radius 3 is 2.10 bits per heavy atom. The maximum atomic E-state index is 13.2. The summed E-state index contributed by atoms with van der Waals surface area (Å²) in [6.07, 6.45) is 2.73. The van der Waals surface area contributed by atoms with E-state index in [2.05, 4.69) is 4.90 Å². The zero-order valence-corrected chi connectivity index (χ0v) is 17.7. The van der Waals surface area contributed by atoms with E-state index in [1.54, 1.807) is 35.2 Å². The molecule has 4 rings (SSSR count). The van der Waals surface area contributed by atoms with Crippen molar-refractivity contribution >= 4 is 21.6 Å². The number of rotatable bonds is 4. The third-order valence-corrected chi connectivity index (χ3v) is 7.77. The van der Waals surface area contributed by atoms with Gasteiger partial charge in [-0.2, -0.15) is 4.31 Å². The molecule has 0 spiro atoms. The summed E-state index contributed by atoms with van der Waals surface area (Å²) in [6, 6.07) is 12.8. The highest BCUT2D eigenvalue weighted by atomic mass is 32.2. The molecule has 0 bridgehead atoms. The lowest BCUT2D eigenvalue weighted by atomic mass is 10.1. The molecule has 30 heavy (non-hydrogen) atoms. The number of nitrogens with zero attached hydrogens (tertiary/aromatic N) is 3. The number of amides is 1. The van der Waals surface area contributed by atoms with Crippen LogP contribution in [0, 0.1) is 5.82 Å². The third-order valence-electron chi connectivity index (χ3n) is 5.81. The molecule has 2 aromatic rings. The molecule has 0 radical (unpaired) electrons. The topological polar surface area (TPSA) is 60.9 Å². The van der Waals surface area contributed by atoms with E-state index in [1.165, 1.54) is 22.5 Å². The molecule has 2 aromatic carbocycles. The Labute approximate surface area is 176 Å². The molecule has 8 heteroatoms. The second-order valence-electron chi connectivity index (χ2n) is 7.72. The van der Waals surface area contributed by atoms with Gasteiger partial charge >= 0.3 is 0 Å². The van der Waals surface area contributed by atoms with Gasteiger partial charge < -0.3 is 9.80 Å². The minimum absolute atomic E-state index is 0.0952. The average molecular weight is 432 g/mol. The number of carbonyl (C=O) groups excluding carboxylic acids is 1. The Morgan fingerprint density at radius 1 is 0.800 bits per heavy atom. The minimum atomic E-state index is -3.69. The smallest absolute Gasteiger partial charge is 0.255 e. The van der Waals surface area contributed by atoms with Crippen molar-refractivity contribution in [2.24, 2.45) is 0 Å². The van der Waals surface area contributed by atoms with Crippen LogP contribution in [0.25, 0.3) is 0 Å². The van der Waals surface area contributed by atoms with Crippen LogP contribution >= 0.6 is 0 Å². The predicted octanol–water partition coefficient (Wildman–Crippen LogP) is 2.96. The third kappa shape index (κ3) is 4.20. The Kier molecular flexibility index (Phi) is 6.06. The standard InChI is InChI=1S/C22H26FN3O3S/c23-18-8-10-19(11-9-18)24-14-16-25(17-15-24)22(27)20-6-2-3-7-21(20)30(28,29)26-12-4-1-5-13-26/h2-3,6-11H,1,4-5,12-17H2. The molecule has 0 aliphatic carbocycles. The second kappa shape index (κ2) is 8.73. The molecule has 0 aromatic heterocycles. The molecular formula is C22H26FN3O3S. The first-order valence-corrected chi connectivity index (χ1v) is 11.8. The van der Waals surface area contributed by atoms with Gasteiger partial charge in [-0.25, -0.2) is 12.8 Å². The first kappa shape index (κ1) is 20.8. The SMILES string of the molecule is O=C(c1ccccc1S(=O)(=O)N1CCCCC1)N1CCN(c2ccc(F)cc2)CC1. The Hall–Kier alpha value is -2.45. The maximum absolute atomic E-state index is 13.2. The van der Waals surface area contributed by atoms with Crippen LogP contribution < -0.4 is 4.90 Å². The van der Waals surface area contributed by atoms with E-state index < -0.39 is 10.0 Å². The molecular weight excluding hydrogens is 405 g/mol. The van der Waals surface area contributed by atoms with Crippen LogP contribution in [-0.2, 0) is 10.0 Å². The number of hydrogen-bond acceptors (Lipinski definition) is 4. The van der Waals surface area contributed by atoms with Crippen molar-refractivity contribution in [1.29, 1.82) is 0 Å². The molecule has 0 atom stereocenters. The molecule has 2 fully saturated rings. The number of carbonyl (C=O) groups is 1. The van der Waals surface area contributed by atoms with E-state index in [1.807, 2.05) is 0 Å². The summed E-state index contributed by atoms with van der Waals surface area (Å²) >= 11 is 0. The lowest BCUT2D eigenvalue weighted by Gasteiger charge is -2.36. The second-order valence-corrected chi connectivity index (χ2v) is 9.62. The fraction of sp³-hybridized carbons (Fsp3) is 0.409. The summed E-state index contributed by atoms with van der Waals surface area (Å²) in [7, 11) is -3.69. The van der Waals surface area contributed by atoms with Crippen molar-refractivity contribution in [3.63, 3.8) is 0 Å². The quantitative estimate of drug-likeness (QED) is 0.747. The molecule has 1 amide bonds. The van der Waals surface area contributed by atoms with Gasteiger partial charge in [-0.05, 0) is 49.2 Å². The number of piperazine rings is 1. The number of hydrogen-bond donors (Lipinski definition) is 0. The molecule has 2 heterocycles. The highest BCUT2D eigenvalue weighted by Crippen LogP contribution is 2.25. The normalized spacial score (nSPS) is 18.4. The van der Waals surface area contributed by atoms with E-state index in [4.69, 9.17) is 0 Å². The monoisotopic (exact) mass is 431 g/mol. The van der Waals surface area contributed by atoms with Crippen LogP contribution in [0.15, 0.2) is 53.4 Å². The summed E-state index contributed by atoms with van der Waals surface area (Å²) in [6.45, 7) is 3.18. The molecule has 0 unspecified atom stereocenters. The number of benzene rings is 2. The molecule has 0 N–H and O–H groups in total. The fourth-order valence-corrected chi connectivity index (χ4v) is 5.80. The highest BCUT2D eigenvalue weighted by Gasteiger charge is 2.32. The Bertz CT molecular complexity index is 997. The lowest BCUT2D eigenvalue weighted by Crippen LogP contribution is -2.49. The van der Waals surface area contributed by atoms with Gasteiger partial charge in [0.05, 0.1) is 10.5 Å². The van der Waals surface area contributed by atoms with Gasteiger partial charge in [-0.3, -0.25) is 4.79 Å². The van der Waals surface area contributed by atoms with Crippen molar-refractivity contribution in [3.8, 4) is 0 Å². The van der Waals surface area contributed by atoms with Crippen molar-refractivity contribution in [2.75, 3.05) is 44.2 Å². The van der Waals surface area contributed by atoms with Crippen LogP contribution in [0.5, 0.6) is 0 Å². The van der Waals surface area contributed by atoms with Crippen LogP contribution in [0.1, 0.15) is 29.6 Å². The molecule has 2 saturated heterocycles. The summed E-state index contributed by atoms with van der Waals surface area (Å²) < 4.78 is 41.0. The van der Waals surface area contributed by atoms with E-state index in [0.29, 0.717) is 39.3 Å². The lowest BCUT2D eigenvalue weighted by molar-refractivity contribution is 0.0742. The van der Waals surface area contributed by atoms with E-state index >= 15 is 0 Å². The van der Waals surface area contributed by atoms with Gasteiger partial charge in [0.1, 0.15) is 5.82 Å². The number of piperidine rings is 1. The fourth-order valence-electron chi connectivity index (χ4n) is 4.10. The van der Waals surface area contributed by atoms with Crippen molar-refractivity contribution in [1.82, 2.24) is 9.21 Å². The van der Waals surface area contributed by atoms with Crippen LogP contribution in [0.2, 0.25) is 0 Å². The summed E-state index contributed by atoms with van der Waals surface area (Å²) in [5, 5.41) is 0. The average Bonchev–Trinajstić information content (AvgIpc) is 2.80. The number of halogens is 1. The Morgan fingerprint density at radius 2 is 1.43 bits per heavy atom. The van der Waals surface area contributed by atoms with Crippen LogP contribution in [-0.4, -0.2) is 62.8 Å². The Balaban J connectivity index is 1.50. The van der Waals surface area contributed by atoms with Crippen LogP contribution in [0.4, 0.5) is 10.1 Å². The van der Waals surface area contributed by atoms with Gasteiger partial charge in [0.15, 0.2) is 0 Å². The van der Waals surface area contributed by atoms with E-state index in [9.17, 15) is 17.6 Å². The van der Waals surface area contributed by atoms with Gasteiger partial charge in [-0.15, -0.1) is 0 Å². The maximum Gasteiger partial charge on any atom is 0.255 e.